The SMILES string of the molecule is O=S(=O)(c1ccccc1)C(c1ccco1)S(=O)(=O)c1ccccc1. The van der Waals surface area contributed by atoms with Gasteiger partial charge < -0.3 is 4.42 Å². The van der Waals surface area contributed by atoms with E-state index in [4.69, 9.17) is 4.42 Å². The van der Waals surface area contributed by atoms with Gasteiger partial charge in [-0.3, -0.25) is 0 Å². The molecule has 0 atom stereocenters. The highest BCUT2D eigenvalue weighted by atomic mass is 32.3. The first kappa shape index (κ1) is 16.5. The summed E-state index contributed by atoms with van der Waals surface area (Å²) in [5, 5.41) is 0. The maximum Gasteiger partial charge on any atom is 0.228 e. The molecule has 24 heavy (non-hydrogen) atoms. The van der Waals surface area contributed by atoms with Crippen molar-refractivity contribution in [3.63, 3.8) is 0 Å². The van der Waals surface area contributed by atoms with E-state index in [0.717, 1.165) is 0 Å². The molecule has 0 radical (unpaired) electrons. The second-order valence-electron chi connectivity index (χ2n) is 5.06. The molecule has 0 aliphatic heterocycles. The average molecular weight is 362 g/mol. The van der Waals surface area contributed by atoms with E-state index in [-0.39, 0.29) is 15.6 Å². The molecule has 0 aliphatic carbocycles. The van der Waals surface area contributed by atoms with Crippen molar-refractivity contribution < 1.29 is 21.3 Å². The van der Waals surface area contributed by atoms with E-state index in [1.54, 1.807) is 36.4 Å². The van der Waals surface area contributed by atoms with Crippen molar-refractivity contribution in [2.45, 2.75) is 14.4 Å². The molecular formula is C17H14O5S2. The van der Waals surface area contributed by atoms with E-state index in [0.29, 0.717) is 0 Å². The van der Waals surface area contributed by atoms with Crippen LogP contribution in [0.3, 0.4) is 0 Å². The summed E-state index contributed by atoms with van der Waals surface area (Å²) in [7, 11) is -8.42. The highest BCUT2D eigenvalue weighted by Gasteiger charge is 2.43. The van der Waals surface area contributed by atoms with Gasteiger partial charge in [0.25, 0.3) is 0 Å². The zero-order valence-electron chi connectivity index (χ0n) is 12.4. The second kappa shape index (κ2) is 6.26. The lowest BCUT2D eigenvalue weighted by molar-refractivity contribution is 0.507. The molecule has 0 N–H and O–H groups in total. The van der Waals surface area contributed by atoms with Crippen molar-refractivity contribution in [1.29, 1.82) is 0 Å². The van der Waals surface area contributed by atoms with E-state index < -0.39 is 24.3 Å². The molecule has 124 valence electrons. The summed E-state index contributed by atoms with van der Waals surface area (Å²) in [6.07, 6.45) is 1.25. The Balaban J connectivity index is 2.24. The van der Waals surface area contributed by atoms with E-state index >= 15 is 0 Å². The minimum absolute atomic E-state index is 0.0779. The maximum atomic E-state index is 13.0. The third-order valence-corrected chi connectivity index (χ3v) is 8.45. The molecule has 3 rings (SSSR count). The van der Waals surface area contributed by atoms with Crippen LogP contribution in [0.15, 0.2) is 93.3 Å². The van der Waals surface area contributed by atoms with Gasteiger partial charge in [0.05, 0.1) is 16.1 Å². The number of sulfone groups is 2. The van der Waals surface area contributed by atoms with E-state index in [1.165, 1.54) is 42.7 Å². The molecular weight excluding hydrogens is 348 g/mol. The summed E-state index contributed by atoms with van der Waals surface area (Å²) in [6, 6.07) is 17.8. The fourth-order valence-electron chi connectivity index (χ4n) is 2.37. The van der Waals surface area contributed by atoms with Crippen molar-refractivity contribution in [2.24, 2.45) is 0 Å². The molecule has 1 heterocycles. The third-order valence-electron chi connectivity index (χ3n) is 3.48. The zero-order chi connectivity index (χ0) is 17.2. The minimum atomic E-state index is -4.21. The number of benzene rings is 2. The highest BCUT2D eigenvalue weighted by Crippen LogP contribution is 2.37. The van der Waals surface area contributed by atoms with Gasteiger partial charge in [-0.25, -0.2) is 16.8 Å². The van der Waals surface area contributed by atoms with Crippen molar-refractivity contribution in [3.8, 4) is 0 Å². The molecule has 0 bridgehead atoms. The van der Waals surface area contributed by atoms with Gasteiger partial charge in [-0.2, -0.15) is 0 Å². The van der Waals surface area contributed by atoms with E-state index in [2.05, 4.69) is 0 Å². The molecule has 3 aromatic rings. The zero-order valence-corrected chi connectivity index (χ0v) is 14.1. The van der Waals surface area contributed by atoms with Crippen LogP contribution in [0.25, 0.3) is 0 Å². The van der Waals surface area contributed by atoms with E-state index in [1.807, 2.05) is 0 Å². The van der Waals surface area contributed by atoms with Gasteiger partial charge in [-0.05, 0) is 36.4 Å². The smallest absolute Gasteiger partial charge is 0.228 e. The fourth-order valence-corrected chi connectivity index (χ4v) is 6.81. The molecule has 0 saturated carbocycles. The molecule has 7 heteroatoms. The van der Waals surface area contributed by atoms with E-state index in [9.17, 15) is 16.8 Å². The number of rotatable bonds is 5. The monoisotopic (exact) mass is 362 g/mol. The lowest BCUT2D eigenvalue weighted by Crippen LogP contribution is -2.23. The first-order valence-electron chi connectivity index (χ1n) is 7.05. The molecule has 0 amide bonds. The van der Waals surface area contributed by atoms with Crippen LogP contribution in [0, 0.1) is 0 Å². The molecule has 2 aromatic carbocycles. The Morgan fingerprint density at radius 2 is 1.08 bits per heavy atom. The summed E-state index contributed by atoms with van der Waals surface area (Å²) >= 11 is 0. The first-order valence-corrected chi connectivity index (χ1v) is 10.1. The average Bonchev–Trinajstić information content (AvgIpc) is 3.10. The minimum Gasteiger partial charge on any atom is -0.467 e. The normalized spacial score (nSPS) is 12.4. The number of furan rings is 1. The number of hydrogen-bond donors (Lipinski definition) is 0. The summed E-state index contributed by atoms with van der Waals surface area (Å²) in [5.74, 6) is -0.136. The fraction of sp³-hybridized carbons (Fsp3) is 0.0588. The van der Waals surface area contributed by atoms with Gasteiger partial charge in [-0.1, -0.05) is 36.4 Å². The van der Waals surface area contributed by atoms with Crippen molar-refractivity contribution >= 4 is 19.7 Å². The molecule has 5 nitrogen and oxygen atoms in total. The first-order chi connectivity index (χ1) is 11.4. The van der Waals surface area contributed by atoms with Crippen LogP contribution in [0.2, 0.25) is 0 Å². The van der Waals surface area contributed by atoms with Crippen molar-refractivity contribution in [2.75, 3.05) is 0 Å². The second-order valence-corrected chi connectivity index (χ2v) is 9.43. The Morgan fingerprint density at radius 3 is 1.46 bits per heavy atom. The summed E-state index contributed by atoms with van der Waals surface area (Å²) in [4.78, 5) is -0.156. The predicted octanol–water partition coefficient (Wildman–Crippen LogP) is 3.23. The number of hydrogen-bond acceptors (Lipinski definition) is 5. The van der Waals surface area contributed by atoms with Crippen molar-refractivity contribution in [3.05, 3.63) is 84.8 Å². The lowest BCUT2D eigenvalue weighted by Gasteiger charge is -2.16. The van der Waals surface area contributed by atoms with Gasteiger partial charge in [0, 0.05) is 0 Å². The van der Waals surface area contributed by atoms with Crippen LogP contribution in [0.4, 0.5) is 0 Å². The summed E-state index contributed by atoms with van der Waals surface area (Å²) < 4.78 is 55.4. The van der Waals surface area contributed by atoms with Gasteiger partial charge in [0.1, 0.15) is 5.76 Å². The Kier molecular flexibility index (Phi) is 4.29. The maximum absolute atomic E-state index is 13.0. The van der Waals surface area contributed by atoms with Gasteiger partial charge in [0.15, 0.2) is 0 Å². The lowest BCUT2D eigenvalue weighted by atomic mass is 10.4. The Bertz CT molecular complexity index is 938. The molecule has 0 saturated heterocycles. The highest BCUT2D eigenvalue weighted by molar-refractivity contribution is 8.08. The standard InChI is InChI=1S/C17H14O5S2/c18-23(19,14-8-3-1-4-9-14)17(16-12-7-13-22-16)24(20,21)15-10-5-2-6-11-15/h1-13,17H. The van der Waals surface area contributed by atoms with Gasteiger partial charge >= 0.3 is 0 Å². The van der Waals surface area contributed by atoms with Crippen molar-refractivity contribution in [1.82, 2.24) is 0 Å². The Hall–Kier alpha value is -2.38. The molecule has 0 spiro atoms. The Morgan fingerprint density at radius 1 is 0.625 bits per heavy atom. The third kappa shape index (κ3) is 2.88. The van der Waals surface area contributed by atoms with Crippen LogP contribution >= 0.6 is 0 Å². The topological polar surface area (TPSA) is 81.4 Å². The van der Waals surface area contributed by atoms with Crippen LogP contribution in [-0.4, -0.2) is 16.8 Å². The van der Waals surface area contributed by atoms with Gasteiger partial charge in [-0.15, -0.1) is 0 Å². The van der Waals surface area contributed by atoms with Crippen LogP contribution in [0.1, 0.15) is 10.3 Å². The summed E-state index contributed by atoms with van der Waals surface area (Å²) in [6.45, 7) is 0. The molecule has 1 aromatic heterocycles. The molecule has 0 unspecified atom stereocenters. The van der Waals surface area contributed by atoms with Gasteiger partial charge in [0.2, 0.25) is 24.3 Å². The van der Waals surface area contributed by atoms with Crippen LogP contribution < -0.4 is 0 Å². The summed E-state index contributed by atoms with van der Waals surface area (Å²) in [5.41, 5.74) is 0. The molecule has 0 fully saturated rings. The predicted molar refractivity (Wildman–Crippen MR) is 88.7 cm³/mol. The Labute approximate surface area is 140 Å². The van der Waals surface area contributed by atoms with Crippen LogP contribution in [-0.2, 0) is 19.7 Å². The quantitative estimate of drug-likeness (QED) is 0.696. The van der Waals surface area contributed by atoms with Crippen LogP contribution in [0.5, 0.6) is 0 Å². The molecule has 0 aliphatic rings. The largest absolute Gasteiger partial charge is 0.467 e.